The van der Waals surface area contributed by atoms with Gasteiger partial charge in [-0.2, -0.15) is 0 Å². The van der Waals surface area contributed by atoms with E-state index in [1.165, 1.54) is 0 Å². The number of nitrogens with two attached hydrogens (primary N) is 1. The minimum Gasteiger partial charge on any atom is -0.378 e. The first kappa shape index (κ1) is 23.9. The van der Waals surface area contributed by atoms with Gasteiger partial charge in [-0.15, -0.1) is 12.4 Å². The summed E-state index contributed by atoms with van der Waals surface area (Å²) in [6.07, 6.45) is 0.434. The van der Waals surface area contributed by atoms with Crippen molar-refractivity contribution in [3.8, 4) is 0 Å². The first-order valence-corrected chi connectivity index (χ1v) is 9.88. The van der Waals surface area contributed by atoms with Crippen LogP contribution in [0.15, 0.2) is 48.5 Å². The van der Waals surface area contributed by atoms with E-state index in [0.29, 0.717) is 30.0 Å². The van der Waals surface area contributed by atoms with Crippen LogP contribution < -0.4 is 16.4 Å². The van der Waals surface area contributed by atoms with Gasteiger partial charge in [0.05, 0.1) is 6.10 Å². The van der Waals surface area contributed by atoms with Crippen LogP contribution >= 0.6 is 12.4 Å². The zero-order chi connectivity index (χ0) is 21.2. The Morgan fingerprint density at radius 1 is 1.07 bits per heavy atom. The summed E-state index contributed by atoms with van der Waals surface area (Å²) in [4.78, 5) is 25.5. The largest absolute Gasteiger partial charge is 0.378 e. The van der Waals surface area contributed by atoms with Crippen molar-refractivity contribution in [1.29, 1.82) is 0 Å². The van der Waals surface area contributed by atoms with E-state index in [2.05, 4.69) is 10.6 Å². The summed E-state index contributed by atoms with van der Waals surface area (Å²) in [5, 5.41) is 5.86. The molecular formula is C23H30ClN3O3. The predicted octanol–water partition coefficient (Wildman–Crippen LogP) is 4.14. The Morgan fingerprint density at radius 3 is 2.23 bits per heavy atom. The van der Waals surface area contributed by atoms with Crippen molar-refractivity contribution in [1.82, 2.24) is 0 Å². The summed E-state index contributed by atoms with van der Waals surface area (Å²) in [6, 6.07) is 14.4. The van der Waals surface area contributed by atoms with E-state index in [0.717, 1.165) is 5.56 Å². The average molecular weight is 432 g/mol. The molecule has 1 aliphatic rings. The van der Waals surface area contributed by atoms with Crippen LogP contribution in [0.2, 0.25) is 0 Å². The molecule has 2 aromatic carbocycles. The number of ether oxygens (including phenoxy) is 1. The number of carbonyl (C=O) groups is 2. The maximum absolute atomic E-state index is 13.0. The van der Waals surface area contributed by atoms with E-state index in [-0.39, 0.29) is 30.3 Å². The summed E-state index contributed by atoms with van der Waals surface area (Å²) in [7, 11) is 0. The van der Waals surface area contributed by atoms with Crippen LogP contribution in [-0.2, 0) is 9.53 Å². The Balaban J connectivity index is 0.00000320. The summed E-state index contributed by atoms with van der Waals surface area (Å²) < 4.78 is 5.71. The highest BCUT2D eigenvalue weighted by atomic mass is 35.5. The Bertz CT molecular complexity index is 917. The van der Waals surface area contributed by atoms with Gasteiger partial charge >= 0.3 is 0 Å². The molecule has 2 unspecified atom stereocenters. The molecular weight excluding hydrogens is 402 g/mol. The molecule has 1 saturated carbocycles. The van der Waals surface area contributed by atoms with Gasteiger partial charge in [-0.1, -0.05) is 38.1 Å². The second kappa shape index (κ2) is 9.16. The Kier molecular flexibility index (Phi) is 7.29. The van der Waals surface area contributed by atoms with Crippen LogP contribution in [0.5, 0.6) is 0 Å². The first-order chi connectivity index (χ1) is 13.7. The molecule has 1 aliphatic carbocycles. The van der Waals surface area contributed by atoms with Crippen LogP contribution in [0, 0.1) is 12.3 Å². The standard InChI is InChI=1S/C23H29N3O3.ClH/c1-5-29-19-14-23(24,22(19,3)4)21(28)26-18-13-9-12-17(15(18)2)25-20(27)16-10-7-6-8-11-16;/h6-13,19H,5,14,24H2,1-4H3,(H,25,27)(H,26,28);1H. The minimum absolute atomic E-state index is 0. The molecule has 4 N–H and O–H groups in total. The zero-order valence-corrected chi connectivity index (χ0v) is 18.6. The highest BCUT2D eigenvalue weighted by Crippen LogP contribution is 2.50. The third-order valence-corrected chi connectivity index (χ3v) is 6.10. The summed E-state index contributed by atoms with van der Waals surface area (Å²) in [6.45, 7) is 8.30. The number of halogens is 1. The number of anilines is 2. The lowest BCUT2D eigenvalue weighted by Gasteiger charge is -2.57. The molecule has 2 atom stereocenters. The molecule has 0 spiro atoms. The number of nitrogens with one attached hydrogen (secondary N) is 2. The summed E-state index contributed by atoms with van der Waals surface area (Å²) in [5.41, 5.74) is 7.60. The molecule has 0 aromatic heterocycles. The van der Waals surface area contributed by atoms with Crippen molar-refractivity contribution in [3.63, 3.8) is 0 Å². The monoisotopic (exact) mass is 431 g/mol. The van der Waals surface area contributed by atoms with E-state index in [4.69, 9.17) is 10.5 Å². The lowest BCUT2D eigenvalue weighted by atomic mass is 9.54. The van der Waals surface area contributed by atoms with Gasteiger partial charge in [-0.3, -0.25) is 9.59 Å². The van der Waals surface area contributed by atoms with Gasteiger partial charge in [0.15, 0.2) is 0 Å². The molecule has 162 valence electrons. The van der Waals surface area contributed by atoms with Gasteiger partial charge in [0, 0.05) is 35.4 Å². The van der Waals surface area contributed by atoms with E-state index in [1.807, 2.05) is 52.0 Å². The van der Waals surface area contributed by atoms with Crippen LogP contribution in [0.4, 0.5) is 11.4 Å². The van der Waals surface area contributed by atoms with E-state index in [9.17, 15) is 9.59 Å². The van der Waals surface area contributed by atoms with Crippen LogP contribution in [0.3, 0.4) is 0 Å². The fourth-order valence-electron chi connectivity index (χ4n) is 3.74. The van der Waals surface area contributed by atoms with Gasteiger partial charge in [0.1, 0.15) is 5.54 Å². The molecule has 0 saturated heterocycles. The highest BCUT2D eigenvalue weighted by molar-refractivity contribution is 6.06. The molecule has 0 bridgehead atoms. The third-order valence-electron chi connectivity index (χ3n) is 6.10. The van der Waals surface area contributed by atoms with Crippen molar-refractivity contribution >= 4 is 35.6 Å². The molecule has 0 heterocycles. The average Bonchev–Trinajstić information content (AvgIpc) is 2.71. The molecule has 2 amide bonds. The molecule has 1 fully saturated rings. The van der Waals surface area contributed by atoms with Gasteiger partial charge in [-0.25, -0.2) is 0 Å². The molecule has 7 heteroatoms. The fraction of sp³-hybridized carbons (Fsp3) is 0.391. The Labute approximate surface area is 184 Å². The smallest absolute Gasteiger partial charge is 0.255 e. The van der Waals surface area contributed by atoms with Crippen molar-refractivity contribution in [2.45, 2.75) is 45.8 Å². The molecule has 0 aliphatic heterocycles. The summed E-state index contributed by atoms with van der Waals surface area (Å²) in [5.74, 6) is -0.444. The Morgan fingerprint density at radius 2 is 1.67 bits per heavy atom. The lowest BCUT2D eigenvalue weighted by Crippen LogP contribution is -2.74. The topological polar surface area (TPSA) is 93.4 Å². The van der Waals surface area contributed by atoms with Gasteiger partial charge < -0.3 is 21.1 Å². The molecule has 6 nitrogen and oxygen atoms in total. The van der Waals surface area contributed by atoms with Crippen LogP contribution in [0.25, 0.3) is 0 Å². The Hall–Kier alpha value is -2.41. The molecule has 2 aromatic rings. The number of hydrogen-bond acceptors (Lipinski definition) is 4. The van der Waals surface area contributed by atoms with Crippen molar-refractivity contribution in [2.75, 3.05) is 17.2 Å². The molecule has 30 heavy (non-hydrogen) atoms. The lowest BCUT2D eigenvalue weighted by molar-refractivity contribution is -0.166. The SMILES string of the molecule is CCOC1CC(N)(C(=O)Nc2cccc(NC(=O)c3ccccc3)c2C)C1(C)C.Cl. The number of carbonyl (C=O) groups excluding carboxylic acids is 2. The highest BCUT2D eigenvalue weighted by Gasteiger charge is 2.62. The van der Waals surface area contributed by atoms with E-state index < -0.39 is 11.0 Å². The second-order valence-corrected chi connectivity index (χ2v) is 8.09. The predicted molar refractivity (Wildman–Crippen MR) is 122 cm³/mol. The maximum Gasteiger partial charge on any atom is 0.255 e. The van der Waals surface area contributed by atoms with Crippen molar-refractivity contribution in [3.05, 3.63) is 59.7 Å². The van der Waals surface area contributed by atoms with Crippen LogP contribution in [-0.4, -0.2) is 30.1 Å². The summed E-state index contributed by atoms with van der Waals surface area (Å²) >= 11 is 0. The molecule has 0 radical (unpaired) electrons. The van der Waals surface area contributed by atoms with Crippen molar-refractivity contribution in [2.24, 2.45) is 11.1 Å². The fourth-order valence-corrected chi connectivity index (χ4v) is 3.74. The minimum atomic E-state index is -1.01. The van der Waals surface area contributed by atoms with Gasteiger partial charge in [-0.05, 0) is 43.7 Å². The zero-order valence-electron chi connectivity index (χ0n) is 17.8. The number of rotatable bonds is 6. The van der Waals surface area contributed by atoms with E-state index in [1.54, 1.807) is 24.3 Å². The van der Waals surface area contributed by atoms with Crippen LogP contribution in [0.1, 0.15) is 43.1 Å². The molecule has 3 rings (SSSR count). The third kappa shape index (κ3) is 4.21. The number of amides is 2. The maximum atomic E-state index is 13.0. The first-order valence-electron chi connectivity index (χ1n) is 9.88. The normalized spacial score (nSPS) is 21.7. The van der Waals surface area contributed by atoms with Crippen molar-refractivity contribution < 1.29 is 14.3 Å². The second-order valence-electron chi connectivity index (χ2n) is 8.09. The van der Waals surface area contributed by atoms with Gasteiger partial charge in [0.2, 0.25) is 5.91 Å². The number of benzene rings is 2. The number of hydrogen-bond donors (Lipinski definition) is 3. The van der Waals surface area contributed by atoms with E-state index >= 15 is 0 Å². The quantitative estimate of drug-likeness (QED) is 0.640. The van der Waals surface area contributed by atoms with Gasteiger partial charge in [0.25, 0.3) is 5.91 Å².